The number of hydrogen-bond donors (Lipinski definition) is 4. The van der Waals surface area contributed by atoms with E-state index >= 15 is 0 Å². The summed E-state index contributed by atoms with van der Waals surface area (Å²) in [6, 6.07) is 7.82. The van der Waals surface area contributed by atoms with Gasteiger partial charge in [-0.2, -0.15) is 0 Å². The number of hydrogen-bond acceptors (Lipinski definition) is 8. The molecule has 5 atom stereocenters. The Bertz CT molecular complexity index is 801. The van der Waals surface area contributed by atoms with E-state index in [1.807, 2.05) is 31.2 Å². The van der Waals surface area contributed by atoms with Crippen molar-refractivity contribution in [3.63, 3.8) is 0 Å². The highest BCUT2D eigenvalue weighted by Gasteiger charge is 2.35. The number of likely N-dealkylation sites (tertiary alicyclic amines) is 1. The summed E-state index contributed by atoms with van der Waals surface area (Å²) in [6.07, 6.45) is -3.00. The predicted molar refractivity (Wildman–Crippen MR) is 116 cm³/mol. The smallest absolute Gasteiger partial charge is 0.226 e. The molecule has 2 aromatic rings. The molecular formula is C23H33FN2O6. The summed E-state index contributed by atoms with van der Waals surface area (Å²) in [5.74, 6) is 0.504. The van der Waals surface area contributed by atoms with Gasteiger partial charge in [0.15, 0.2) is 0 Å². The van der Waals surface area contributed by atoms with Crippen molar-refractivity contribution in [1.82, 2.24) is 9.88 Å². The van der Waals surface area contributed by atoms with Crippen LogP contribution in [0.2, 0.25) is 0 Å². The molecule has 0 aliphatic carbocycles. The zero-order valence-electron chi connectivity index (χ0n) is 18.3. The third-order valence-corrected chi connectivity index (χ3v) is 5.67. The Balaban J connectivity index is 1.31. The zero-order chi connectivity index (χ0) is 23.1. The van der Waals surface area contributed by atoms with Crippen molar-refractivity contribution < 1.29 is 34.0 Å². The second-order valence-electron chi connectivity index (χ2n) is 8.49. The number of oxazole rings is 1. The third-order valence-electron chi connectivity index (χ3n) is 5.67. The summed E-state index contributed by atoms with van der Waals surface area (Å²) in [5.41, 5.74) is 2.63. The van der Waals surface area contributed by atoms with Crippen LogP contribution < -0.4 is 0 Å². The number of halogens is 1. The molecule has 1 aromatic carbocycles. The molecule has 32 heavy (non-hydrogen) atoms. The molecule has 9 heteroatoms. The lowest BCUT2D eigenvalue weighted by Crippen LogP contribution is -2.43. The lowest BCUT2D eigenvalue weighted by atomic mass is 10.1. The van der Waals surface area contributed by atoms with E-state index in [4.69, 9.17) is 9.15 Å². The lowest BCUT2D eigenvalue weighted by molar-refractivity contribution is -0.0894. The lowest BCUT2D eigenvalue weighted by Gasteiger charge is -2.23. The van der Waals surface area contributed by atoms with E-state index in [-0.39, 0.29) is 26.3 Å². The fourth-order valence-electron chi connectivity index (χ4n) is 3.74. The molecule has 1 fully saturated rings. The number of rotatable bonds is 10. The van der Waals surface area contributed by atoms with Gasteiger partial charge < -0.3 is 29.6 Å². The molecule has 4 N–H and O–H groups in total. The van der Waals surface area contributed by atoms with Crippen LogP contribution in [0.1, 0.15) is 30.5 Å². The van der Waals surface area contributed by atoms with Crippen molar-refractivity contribution in [2.24, 2.45) is 0 Å². The average molecular weight is 453 g/mol. The topological polar surface area (TPSA) is 119 Å². The van der Waals surface area contributed by atoms with Gasteiger partial charge in [-0.25, -0.2) is 9.37 Å². The van der Waals surface area contributed by atoms with Gasteiger partial charge in [-0.15, -0.1) is 0 Å². The molecule has 1 unspecified atom stereocenters. The third kappa shape index (κ3) is 7.06. The molecule has 178 valence electrons. The number of alkyl halides is 1. The van der Waals surface area contributed by atoms with Gasteiger partial charge in [-0.1, -0.05) is 17.7 Å². The highest BCUT2D eigenvalue weighted by molar-refractivity contribution is 5.53. The van der Waals surface area contributed by atoms with Crippen LogP contribution in [0, 0.1) is 6.92 Å². The van der Waals surface area contributed by atoms with Crippen LogP contribution in [-0.4, -0.2) is 87.1 Å². The molecule has 0 spiro atoms. The Morgan fingerprint density at radius 2 is 1.75 bits per heavy atom. The molecule has 0 bridgehead atoms. The summed E-state index contributed by atoms with van der Waals surface area (Å²) in [6.45, 7) is 2.98. The van der Waals surface area contributed by atoms with Crippen molar-refractivity contribution in [3.05, 3.63) is 41.8 Å². The maximum absolute atomic E-state index is 14.1. The first-order valence-corrected chi connectivity index (χ1v) is 11.0. The summed E-state index contributed by atoms with van der Waals surface area (Å²) in [4.78, 5) is 6.14. The number of aryl methyl sites for hydroxylation is 1. The van der Waals surface area contributed by atoms with Crippen LogP contribution in [0.5, 0.6) is 0 Å². The van der Waals surface area contributed by atoms with Gasteiger partial charge in [0, 0.05) is 18.7 Å². The second-order valence-corrected chi connectivity index (χ2v) is 8.49. The van der Waals surface area contributed by atoms with Crippen LogP contribution in [0.3, 0.4) is 0 Å². The van der Waals surface area contributed by atoms with Crippen LogP contribution in [-0.2, 0) is 11.3 Å². The molecule has 0 saturated carbocycles. The van der Waals surface area contributed by atoms with Gasteiger partial charge >= 0.3 is 0 Å². The molecule has 1 saturated heterocycles. The number of aliphatic hydroxyl groups excluding tert-OH is 4. The quantitative estimate of drug-likeness (QED) is 0.400. The summed E-state index contributed by atoms with van der Waals surface area (Å²) >= 11 is 0. The Morgan fingerprint density at radius 1 is 1.09 bits per heavy atom. The molecule has 0 radical (unpaired) electrons. The number of aromatic nitrogens is 1. The maximum Gasteiger partial charge on any atom is 0.226 e. The average Bonchev–Trinajstić information content (AvgIpc) is 3.21. The molecule has 8 nitrogen and oxygen atoms in total. The Kier molecular flexibility index (Phi) is 9.15. The first-order valence-electron chi connectivity index (χ1n) is 11.0. The number of benzene rings is 1. The second kappa shape index (κ2) is 11.8. The van der Waals surface area contributed by atoms with Crippen LogP contribution in [0.25, 0.3) is 11.5 Å². The number of nitrogens with zero attached hydrogens (tertiary/aromatic N) is 2. The van der Waals surface area contributed by atoms with E-state index in [0.717, 1.165) is 11.1 Å². The fraction of sp³-hybridized carbons (Fsp3) is 0.609. The number of unbranched alkanes of at least 4 members (excludes halogenated alkanes) is 1. The van der Waals surface area contributed by atoms with Crippen molar-refractivity contribution in [2.75, 3.05) is 26.2 Å². The highest BCUT2D eigenvalue weighted by Crippen LogP contribution is 2.20. The molecule has 1 aliphatic rings. The van der Waals surface area contributed by atoms with Gasteiger partial charge in [0.05, 0.1) is 25.4 Å². The standard InChI is InChI=1S/C23H33FN2O6/c1-15-5-7-16(8-6-15)23-25-18(14-32-23)13-31-12-17(24)4-2-3-9-26-10-19(27)21(29)22(30)20(28)11-26/h5-8,14,17,19-22,27-30H,2-4,9-13H2,1H3/t17?,19-,20-,21+,22+/m0/s1. The van der Waals surface area contributed by atoms with Crippen LogP contribution >= 0.6 is 0 Å². The molecule has 1 aromatic heterocycles. The van der Waals surface area contributed by atoms with Crippen molar-refractivity contribution in [3.8, 4) is 11.5 Å². The fourth-order valence-corrected chi connectivity index (χ4v) is 3.74. The molecule has 1 aliphatic heterocycles. The van der Waals surface area contributed by atoms with E-state index < -0.39 is 30.6 Å². The van der Waals surface area contributed by atoms with Crippen molar-refractivity contribution >= 4 is 0 Å². The molecule has 2 heterocycles. The maximum atomic E-state index is 14.1. The Hall–Kier alpha value is -1.88. The largest absolute Gasteiger partial charge is 0.444 e. The number of aliphatic hydroxyl groups is 4. The Labute approximate surface area is 187 Å². The van der Waals surface area contributed by atoms with Gasteiger partial charge in [-0.05, 0) is 44.9 Å². The van der Waals surface area contributed by atoms with Gasteiger partial charge in [-0.3, -0.25) is 4.90 Å². The van der Waals surface area contributed by atoms with E-state index in [0.29, 0.717) is 37.4 Å². The molecule has 0 amide bonds. The highest BCUT2D eigenvalue weighted by atomic mass is 19.1. The van der Waals surface area contributed by atoms with Crippen molar-refractivity contribution in [1.29, 1.82) is 0 Å². The summed E-state index contributed by atoms with van der Waals surface area (Å²) < 4.78 is 25.0. The zero-order valence-corrected chi connectivity index (χ0v) is 18.3. The van der Waals surface area contributed by atoms with E-state index in [1.54, 1.807) is 4.90 Å². The van der Waals surface area contributed by atoms with Crippen molar-refractivity contribution in [2.45, 2.75) is 63.4 Å². The van der Waals surface area contributed by atoms with E-state index in [1.165, 1.54) is 6.26 Å². The number of β-amino-alcohol motifs (C(OH)–C–C–N with tert-alkyl or cyclic N) is 2. The minimum atomic E-state index is -1.37. The van der Waals surface area contributed by atoms with Gasteiger partial charge in [0.25, 0.3) is 0 Å². The van der Waals surface area contributed by atoms with E-state index in [2.05, 4.69) is 4.98 Å². The minimum Gasteiger partial charge on any atom is -0.444 e. The minimum absolute atomic E-state index is 0.0355. The van der Waals surface area contributed by atoms with Crippen LogP contribution in [0.15, 0.2) is 34.9 Å². The van der Waals surface area contributed by atoms with Gasteiger partial charge in [0.2, 0.25) is 5.89 Å². The first kappa shape index (κ1) is 24.8. The Morgan fingerprint density at radius 3 is 2.41 bits per heavy atom. The first-order chi connectivity index (χ1) is 15.3. The molecular weight excluding hydrogens is 419 g/mol. The molecule has 3 rings (SSSR count). The monoisotopic (exact) mass is 452 g/mol. The van der Waals surface area contributed by atoms with E-state index in [9.17, 15) is 24.8 Å². The normalized spacial score (nSPS) is 25.6. The number of ether oxygens (including phenoxy) is 1. The summed E-state index contributed by atoms with van der Waals surface area (Å²) in [7, 11) is 0. The SMILES string of the molecule is Cc1ccc(-c2nc(COCC(F)CCCCN3C[C@H](O)[C@@H](O)[C@H](O)[C@@H](O)C3)co2)cc1. The summed E-state index contributed by atoms with van der Waals surface area (Å²) in [5, 5.41) is 39.2. The van der Waals surface area contributed by atoms with Crippen LogP contribution in [0.4, 0.5) is 4.39 Å². The predicted octanol–water partition coefficient (Wildman–Crippen LogP) is 1.43. The van der Waals surface area contributed by atoms with Gasteiger partial charge in [0.1, 0.15) is 30.3 Å².